The van der Waals surface area contributed by atoms with Crippen LogP contribution in [0, 0.1) is 19.7 Å². The first-order valence-electron chi connectivity index (χ1n) is 8.22. The summed E-state index contributed by atoms with van der Waals surface area (Å²) in [7, 11) is 0. The first-order valence-corrected chi connectivity index (χ1v) is 8.22. The largest absolute Gasteiger partial charge is 0.483 e. The van der Waals surface area contributed by atoms with E-state index < -0.39 is 5.82 Å². The lowest BCUT2D eigenvalue weighted by atomic mass is 10.0. The number of halogens is 1. The van der Waals surface area contributed by atoms with E-state index in [0.29, 0.717) is 11.3 Å². The average molecular weight is 341 g/mol. The number of rotatable bonds is 4. The van der Waals surface area contributed by atoms with Crippen LogP contribution in [0.3, 0.4) is 0 Å². The van der Waals surface area contributed by atoms with Crippen molar-refractivity contribution in [3.8, 4) is 5.75 Å². The summed E-state index contributed by atoms with van der Waals surface area (Å²) in [6.45, 7) is 5.46. The molecular weight excluding hydrogens is 321 g/mol. The molecule has 3 rings (SSSR count). The Balaban J connectivity index is 1.72. The molecule has 1 aliphatic carbocycles. The second kappa shape index (κ2) is 6.67. The molecule has 0 saturated carbocycles. The molecule has 1 amide bonds. The smallest absolute Gasteiger partial charge is 0.262 e. The second-order valence-electron chi connectivity index (χ2n) is 6.52. The van der Waals surface area contributed by atoms with E-state index in [1.165, 1.54) is 12.1 Å². The monoisotopic (exact) mass is 341 g/mol. The Morgan fingerprint density at radius 2 is 2.04 bits per heavy atom. The first-order chi connectivity index (χ1) is 11.9. The molecule has 0 fully saturated rings. The van der Waals surface area contributed by atoms with Crippen LogP contribution in [0.5, 0.6) is 5.75 Å². The SMILES string of the molecule is Cc1ccc(NC(=O)COc2ccc(F)c3c2C(=O)C[C@H]3C)c(C)c1. The summed E-state index contributed by atoms with van der Waals surface area (Å²) in [5.41, 5.74) is 3.44. The van der Waals surface area contributed by atoms with E-state index in [4.69, 9.17) is 4.74 Å². The van der Waals surface area contributed by atoms with Crippen LogP contribution in [0.1, 0.15) is 46.3 Å². The van der Waals surface area contributed by atoms with Crippen LogP contribution in [0.15, 0.2) is 30.3 Å². The minimum atomic E-state index is -0.402. The molecule has 5 heteroatoms. The fourth-order valence-electron chi connectivity index (χ4n) is 3.23. The van der Waals surface area contributed by atoms with Gasteiger partial charge in [0.25, 0.3) is 5.91 Å². The molecule has 0 radical (unpaired) electrons. The number of hydrogen-bond acceptors (Lipinski definition) is 3. The van der Waals surface area contributed by atoms with Crippen molar-refractivity contribution in [2.24, 2.45) is 0 Å². The number of fused-ring (bicyclic) bond motifs is 1. The molecule has 1 atom stereocenters. The molecule has 1 aliphatic rings. The van der Waals surface area contributed by atoms with Crippen molar-refractivity contribution in [3.05, 3.63) is 58.4 Å². The minimum absolute atomic E-state index is 0.146. The van der Waals surface area contributed by atoms with Crippen LogP contribution in [-0.2, 0) is 4.79 Å². The number of ether oxygens (including phenoxy) is 1. The van der Waals surface area contributed by atoms with E-state index in [1.54, 1.807) is 0 Å². The zero-order valence-corrected chi connectivity index (χ0v) is 14.5. The number of ketones is 1. The summed E-state index contributed by atoms with van der Waals surface area (Å²) in [5.74, 6) is -0.785. The summed E-state index contributed by atoms with van der Waals surface area (Å²) < 4.78 is 19.5. The Morgan fingerprint density at radius 3 is 2.76 bits per heavy atom. The van der Waals surface area contributed by atoms with Gasteiger partial charge in [0.05, 0.1) is 5.56 Å². The number of benzene rings is 2. The number of carbonyl (C=O) groups is 2. The highest BCUT2D eigenvalue weighted by Gasteiger charge is 2.32. The van der Waals surface area contributed by atoms with Gasteiger partial charge in [-0.2, -0.15) is 0 Å². The van der Waals surface area contributed by atoms with Gasteiger partial charge in [-0.3, -0.25) is 9.59 Å². The van der Waals surface area contributed by atoms with Crippen molar-refractivity contribution >= 4 is 17.4 Å². The minimum Gasteiger partial charge on any atom is -0.483 e. The highest BCUT2D eigenvalue weighted by Crippen LogP contribution is 2.39. The third-order valence-electron chi connectivity index (χ3n) is 4.43. The van der Waals surface area contributed by atoms with E-state index >= 15 is 0 Å². The topological polar surface area (TPSA) is 55.4 Å². The highest BCUT2D eigenvalue weighted by molar-refractivity contribution is 6.04. The fourth-order valence-corrected chi connectivity index (χ4v) is 3.23. The molecule has 4 nitrogen and oxygen atoms in total. The third kappa shape index (κ3) is 3.40. The van der Waals surface area contributed by atoms with Crippen LogP contribution in [0.25, 0.3) is 0 Å². The summed E-state index contributed by atoms with van der Waals surface area (Å²) in [6.07, 6.45) is 0.265. The molecule has 25 heavy (non-hydrogen) atoms. The van der Waals surface area contributed by atoms with Crippen LogP contribution in [0.2, 0.25) is 0 Å². The maximum absolute atomic E-state index is 14.0. The number of hydrogen-bond donors (Lipinski definition) is 1. The Hall–Kier alpha value is -2.69. The van der Waals surface area contributed by atoms with E-state index in [1.807, 2.05) is 39.0 Å². The standard InChI is InChI=1S/C20H20FNO3/c1-11-4-6-15(12(2)8-11)22-18(24)10-25-17-7-5-14(21)19-13(3)9-16(23)20(17)19/h4-8,13H,9-10H2,1-3H3,(H,22,24)/t13-/m1/s1. The molecule has 0 unspecified atom stereocenters. The van der Waals surface area contributed by atoms with E-state index in [-0.39, 0.29) is 41.9 Å². The third-order valence-corrected chi connectivity index (χ3v) is 4.43. The van der Waals surface area contributed by atoms with Gasteiger partial charge in [-0.15, -0.1) is 0 Å². The number of aryl methyl sites for hydroxylation is 2. The number of Topliss-reactive ketones (excluding diaryl/α,β-unsaturated/α-hetero) is 1. The highest BCUT2D eigenvalue weighted by atomic mass is 19.1. The first kappa shape index (κ1) is 17.1. The van der Waals surface area contributed by atoms with Gasteiger partial charge in [-0.25, -0.2) is 4.39 Å². The normalized spacial score (nSPS) is 15.8. The maximum Gasteiger partial charge on any atom is 0.262 e. The Kier molecular flexibility index (Phi) is 4.57. The number of anilines is 1. The van der Waals surface area contributed by atoms with Gasteiger partial charge in [-0.05, 0) is 43.5 Å². The van der Waals surface area contributed by atoms with Crippen molar-refractivity contribution in [3.63, 3.8) is 0 Å². The van der Waals surface area contributed by atoms with Gasteiger partial charge >= 0.3 is 0 Å². The Morgan fingerprint density at radius 1 is 1.28 bits per heavy atom. The summed E-state index contributed by atoms with van der Waals surface area (Å²) >= 11 is 0. The van der Waals surface area contributed by atoms with Crippen LogP contribution < -0.4 is 10.1 Å². The van der Waals surface area contributed by atoms with Gasteiger partial charge < -0.3 is 10.1 Å². The summed E-state index contributed by atoms with van der Waals surface area (Å²) in [6, 6.07) is 8.42. The van der Waals surface area contributed by atoms with Crippen LogP contribution >= 0.6 is 0 Å². The van der Waals surface area contributed by atoms with E-state index in [0.717, 1.165) is 11.1 Å². The molecule has 130 valence electrons. The van der Waals surface area contributed by atoms with Crippen molar-refractivity contribution in [2.75, 3.05) is 11.9 Å². The van der Waals surface area contributed by atoms with Gasteiger partial charge in [0.2, 0.25) is 0 Å². The molecule has 2 aromatic rings. The molecule has 1 N–H and O–H groups in total. The van der Waals surface area contributed by atoms with Crippen LogP contribution in [-0.4, -0.2) is 18.3 Å². The lowest BCUT2D eigenvalue weighted by molar-refractivity contribution is -0.118. The molecule has 0 heterocycles. The summed E-state index contributed by atoms with van der Waals surface area (Å²) in [5, 5.41) is 2.78. The van der Waals surface area contributed by atoms with Gasteiger partial charge in [0.15, 0.2) is 12.4 Å². The lowest BCUT2D eigenvalue weighted by Gasteiger charge is -2.13. The molecule has 2 aromatic carbocycles. The molecule has 0 bridgehead atoms. The van der Waals surface area contributed by atoms with Crippen LogP contribution in [0.4, 0.5) is 10.1 Å². The zero-order chi connectivity index (χ0) is 18.1. The molecular formula is C20H20FNO3. The molecule has 0 saturated heterocycles. The van der Waals surface area contributed by atoms with Gasteiger partial charge in [0.1, 0.15) is 11.6 Å². The molecule has 0 aromatic heterocycles. The van der Waals surface area contributed by atoms with Gasteiger partial charge in [0, 0.05) is 17.7 Å². The second-order valence-corrected chi connectivity index (χ2v) is 6.52. The van der Waals surface area contributed by atoms with Crippen molar-refractivity contribution in [1.29, 1.82) is 0 Å². The quantitative estimate of drug-likeness (QED) is 0.909. The van der Waals surface area contributed by atoms with Crippen molar-refractivity contribution in [1.82, 2.24) is 0 Å². The van der Waals surface area contributed by atoms with Crippen molar-refractivity contribution in [2.45, 2.75) is 33.1 Å². The Labute approximate surface area is 146 Å². The number of nitrogens with one attached hydrogen (secondary N) is 1. The maximum atomic E-state index is 14.0. The van der Waals surface area contributed by atoms with Crippen molar-refractivity contribution < 1.29 is 18.7 Å². The number of amides is 1. The average Bonchev–Trinajstić information content (AvgIpc) is 2.85. The predicted molar refractivity (Wildman–Crippen MR) is 93.8 cm³/mol. The number of carbonyl (C=O) groups excluding carboxylic acids is 2. The molecule has 0 aliphatic heterocycles. The fraction of sp³-hybridized carbons (Fsp3) is 0.300. The van der Waals surface area contributed by atoms with E-state index in [2.05, 4.69) is 5.32 Å². The Bertz CT molecular complexity index is 860. The van der Waals surface area contributed by atoms with Gasteiger partial charge in [-0.1, -0.05) is 24.6 Å². The zero-order valence-electron chi connectivity index (χ0n) is 14.5. The summed E-state index contributed by atoms with van der Waals surface area (Å²) in [4.78, 5) is 24.3. The molecule has 0 spiro atoms. The van der Waals surface area contributed by atoms with E-state index in [9.17, 15) is 14.0 Å². The lowest BCUT2D eigenvalue weighted by Crippen LogP contribution is -2.21. The predicted octanol–water partition coefficient (Wildman–Crippen LogP) is 4.15.